The highest BCUT2D eigenvalue weighted by Gasteiger charge is 2.34. The number of aliphatic hydroxyl groups excluding tert-OH is 1. The van der Waals surface area contributed by atoms with Gasteiger partial charge in [0.1, 0.15) is 4.90 Å². The summed E-state index contributed by atoms with van der Waals surface area (Å²) in [4.78, 5) is 2.39. The zero-order valence-corrected chi connectivity index (χ0v) is 13.7. The van der Waals surface area contributed by atoms with E-state index in [1.165, 1.54) is 4.31 Å². The van der Waals surface area contributed by atoms with E-state index in [0.717, 1.165) is 0 Å². The van der Waals surface area contributed by atoms with Gasteiger partial charge in [-0.3, -0.25) is 4.68 Å². The smallest absolute Gasteiger partial charge is 0.246 e. The van der Waals surface area contributed by atoms with Crippen molar-refractivity contribution in [3.8, 4) is 0 Å². The molecule has 0 spiro atoms. The Morgan fingerprint density at radius 2 is 2.14 bits per heavy atom. The molecule has 0 aliphatic carbocycles. The van der Waals surface area contributed by atoms with Crippen molar-refractivity contribution in [2.45, 2.75) is 37.8 Å². The molecule has 1 fully saturated rings. The third kappa shape index (κ3) is 3.28. The van der Waals surface area contributed by atoms with Crippen LogP contribution in [0, 0.1) is 6.92 Å². The summed E-state index contributed by atoms with van der Waals surface area (Å²) in [5.41, 5.74) is 0.537. The van der Waals surface area contributed by atoms with Crippen LogP contribution in [-0.2, 0) is 16.6 Å². The Kier molecular flexibility index (Phi) is 5.03. The molecule has 1 N–H and O–H groups in total. The highest BCUT2D eigenvalue weighted by Crippen LogP contribution is 2.22. The lowest BCUT2D eigenvalue weighted by molar-refractivity contribution is 0.120. The van der Waals surface area contributed by atoms with Crippen LogP contribution in [0.1, 0.15) is 19.0 Å². The molecule has 2 rings (SSSR count). The lowest BCUT2D eigenvalue weighted by Crippen LogP contribution is -2.53. The number of aromatic nitrogens is 2. The van der Waals surface area contributed by atoms with E-state index in [1.54, 1.807) is 17.8 Å². The van der Waals surface area contributed by atoms with E-state index in [4.69, 9.17) is 5.11 Å². The summed E-state index contributed by atoms with van der Waals surface area (Å²) < 4.78 is 28.7. The van der Waals surface area contributed by atoms with Crippen LogP contribution in [0.3, 0.4) is 0 Å². The van der Waals surface area contributed by atoms with Crippen LogP contribution in [0.15, 0.2) is 11.1 Å². The molecular formula is C13H24N4O3S. The normalized spacial score (nSPS) is 21.8. The number of hydrogen-bond acceptors (Lipinski definition) is 5. The maximum atomic E-state index is 12.8. The van der Waals surface area contributed by atoms with E-state index in [-0.39, 0.29) is 17.5 Å². The first-order valence-electron chi connectivity index (χ1n) is 7.25. The van der Waals surface area contributed by atoms with Gasteiger partial charge in [0.05, 0.1) is 5.69 Å². The maximum absolute atomic E-state index is 12.8. The van der Waals surface area contributed by atoms with Crippen LogP contribution < -0.4 is 0 Å². The molecule has 2 heterocycles. The van der Waals surface area contributed by atoms with Crippen molar-refractivity contribution in [2.24, 2.45) is 0 Å². The summed E-state index contributed by atoms with van der Waals surface area (Å²) in [5, 5.41) is 13.3. The Hall–Kier alpha value is -0.960. The first kappa shape index (κ1) is 16.4. The van der Waals surface area contributed by atoms with Crippen molar-refractivity contribution in [3.63, 3.8) is 0 Å². The predicted octanol–water partition coefficient (Wildman–Crippen LogP) is -0.101. The molecule has 0 unspecified atom stereocenters. The Bertz CT molecular complexity index is 584. The van der Waals surface area contributed by atoms with Gasteiger partial charge in [-0.05, 0) is 27.3 Å². The van der Waals surface area contributed by atoms with Gasteiger partial charge in [0.25, 0.3) is 0 Å². The number of hydrogen-bond donors (Lipinski definition) is 1. The number of likely N-dealkylation sites (N-methyl/N-ethyl adjacent to an activating group) is 1. The first-order valence-corrected chi connectivity index (χ1v) is 8.69. The zero-order valence-electron chi connectivity index (χ0n) is 12.9. The summed E-state index contributed by atoms with van der Waals surface area (Å²) in [7, 11) is -1.55. The second-order valence-corrected chi connectivity index (χ2v) is 7.35. The summed E-state index contributed by atoms with van der Waals surface area (Å²) >= 11 is 0. The molecular weight excluding hydrogens is 292 g/mol. The second kappa shape index (κ2) is 6.43. The molecule has 0 saturated carbocycles. The predicted molar refractivity (Wildman–Crippen MR) is 79.5 cm³/mol. The zero-order chi connectivity index (χ0) is 15.6. The third-order valence-corrected chi connectivity index (χ3v) is 6.01. The Labute approximate surface area is 126 Å². The van der Waals surface area contributed by atoms with Crippen LogP contribution in [0.25, 0.3) is 0 Å². The van der Waals surface area contributed by atoms with Gasteiger partial charge in [-0.2, -0.15) is 9.40 Å². The van der Waals surface area contributed by atoms with Crippen molar-refractivity contribution < 1.29 is 13.5 Å². The Morgan fingerprint density at radius 3 is 2.71 bits per heavy atom. The van der Waals surface area contributed by atoms with Gasteiger partial charge in [0.15, 0.2) is 0 Å². The fourth-order valence-electron chi connectivity index (χ4n) is 2.65. The van der Waals surface area contributed by atoms with Crippen molar-refractivity contribution >= 4 is 10.0 Å². The van der Waals surface area contributed by atoms with Gasteiger partial charge in [-0.1, -0.05) is 0 Å². The van der Waals surface area contributed by atoms with E-state index in [9.17, 15) is 8.42 Å². The highest BCUT2D eigenvalue weighted by molar-refractivity contribution is 7.89. The van der Waals surface area contributed by atoms with Crippen molar-refractivity contribution in [1.29, 1.82) is 0 Å². The molecule has 120 valence electrons. The SMILES string of the molecule is CCn1cc(S(=O)(=O)N2CCN(C)[C@H](CCO)C2)c(C)n1. The molecule has 0 radical (unpaired) electrons. The average molecular weight is 316 g/mol. The molecule has 1 aliphatic rings. The van der Waals surface area contributed by atoms with E-state index < -0.39 is 10.0 Å². The number of rotatable bonds is 5. The lowest BCUT2D eigenvalue weighted by Gasteiger charge is -2.38. The summed E-state index contributed by atoms with van der Waals surface area (Å²) in [5.74, 6) is 0. The van der Waals surface area contributed by atoms with Crippen molar-refractivity contribution in [2.75, 3.05) is 33.3 Å². The Morgan fingerprint density at radius 1 is 1.43 bits per heavy atom. The van der Waals surface area contributed by atoms with Gasteiger partial charge >= 0.3 is 0 Å². The standard InChI is InChI=1S/C13H24N4O3S/c1-4-16-10-13(11(2)14-16)21(19,20)17-7-6-15(3)12(9-17)5-8-18/h10,12,18H,4-9H2,1-3H3/t12-/m1/s1. The molecule has 1 atom stereocenters. The van der Waals surface area contributed by atoms with Crippen LogP contribution in [0.4, 0.5) is 0 Å². The minimum absolute atomic E-state index is 0.0556. The molecule has 21 heavy (non-hydrogen) atoms. The van der Waals surface area contributed by atoms with E-state index in [2.05, 4.69) is 10.00 Å². The lowest BCUT2D eigenvalue weighted by atomic mass is 10.1. The van der Waals surface area contributed by atoms with E-state index in [0.29, 0.717) is 38.3 Å². The first-order chi connectivity index (χ1) is 9.90. The van der Waals surface area contributed by atoms with Crippen LogP contribution in [0.5, 0.6) is 0 Å². The van der Waals surface area contributed by atoms with Crippen LogP contribution >= 0.6 is 0 Å². The fourth-order valence-corrected chi connectivity index (χ4v) is 4.29. The molecule has 8 heteroatoms. The van der Waals surface area contributed by atoms with Crippen LogP contribution in [0.2, 0.25) is 0 Å². The van der Waals surface area contributed by atoms with E-state index >= 15 is 0 Å². The molecule has 1 aromatic heterocycles. The quantitative estimate of drug-likeness (QED) is 0.820. The van der Waals surface area contributed by atoms with Gasteiger partial charge in [0, 0.05) is 45.0 Å². The second-order valence-electron chi connectivity index (χ2n) is 5.44. The third-order valence-electron chi connectivity index (χ3n) is 4.05. The summed E-state index contributed by atoms with van der Waals surface area (Å²) in [6.07, 6.45) is 2.18. The minimum Gasteiger partial charge on any atom is -0.396 e. The summed E-state index contributed by atoms with van der Waals surface area (Å²) in [6.45, 7) is 5.91. The molecule has 7 nitrogen and oxygen atoms in total. The number of aliphatic hydroxyl groups is 1. The number of piperazine rings is 1. The van der Waals surface area contributed by atoms with Gasteiger partial charge in [-0.25, -0.2) is 8.42 Å². The highest BCUT2D eigenvalue weighted by atomic mass is 32.2. The monoisotopic (exact) mass is 316 g/mol. The molecule has 1 aliphatic heterocycles. The molecule has 1 aromatic rings. The van der Waals surface area contributed by atoms with Gasteiger partial charge in [-0.15, -0.1) is 0 Å². The topological polar surface area (TPSA) is 78.7 Å². The van der Waals surface area contributed by atoms with Gasteiger partial charge < -0.3 is 10.0 Å². The summed E-state index contributed by atoms with van der Waals surface area (Å²) in [6, 6.07) is 0.0556. The van der Waals surface area contributed by atoms with E-state index in [1.807, 2.05) is 14.0 Å². The van der Waals surface area contributed by atoms with Crippen LogP contribution in [-0.4, -0.2) is 71.8 Å². The molecule has 1 saturated heterocycles. The fraction of sp³-hybridized carbons (Fsp3) is 0.769. The van der Waals surface area contributed by atoms with Crippen molar-refractivity contribution in [3.05, 3.63) is 11.9 Å². The maximum Gasteiger partial charge on any atom is 0.246 e. The average Bonchev–Trinajstić information content (AvgIpc) is 2.83. The molecule has 0 amide bonds. The Balaban J connectivity index is 2.24. The minimum atomic E-state index is -3.51. The number of nitrogens with zero attached hydrogens (tertiary/aromatic N) is 4. The van der Waals surface area contributed by atoms with Gasteiger partial charge in [0.2, 0.25) is 10.0 Å². The number of sulfonamides is 1. The molecule has 0 aromatic carbocycles. The molecule has 0 bridgehead atoms. The number of aryl methyl sites for hydroxylation is 2. The largest absolute Gasteiger partial charge is 0.396 e. The van der Waals surface area contributed by atoms with Crippen molar-refractivity contribution in [1.82, 2.24) is 19.0 Å².